The summed E-state index contributed by atoms with van der Waals surface area (Å²) in [5.41, 5.74) is 3.59. The van der Waals surface area contributed by atoms with E-state index >= 15 is 0 Å². The van der Waals surface area contributed by atoms with Crippen LogP contribution in [0.4, 0.5) is 0 Å². The number of hydrogen-bond donors (Lipinski definition) is 2. The maximum Gasteiger partial charge on any atom is 0.237 e. The fourth-order valence-electron chi connectivity index (χ4n) is 3.44. The smallest absolute Gasteiger partial charge is 0.237 e. The molecule has 0 fully saturated rings. The van der Waals surface area contributed by atoms with Gasteiger partial charge in [0.15, 0.2) is 0 Å². The topological polar surface area (TPSA) is 41.1 Å². The highest BCUT2D eigenvalue weighted by molar-refractivity contribution is 8.00. The zero-order chi connectivity index (χ0) is 19.8. The van der Waals surface area contributed by atoms with E-state index in [1.165, 1.54) is 16.7 Å². The van der Waals surface area contributed by atoms with Crippen LogP contribution in [-0.4, -0.2) is 31.8 Å². The number of likely N-dealkylation sites (N-methyl/N-ethyl adjacent to an activating group) is 2. The number of nitrogens with one attached hydrogen (secondary N) is 2. The average molecular weight is 391 g/mol. The minimum atomic E-state index is -0.410. The SMILES string of the molecule is CNC(=O)[C@H](CSC(c1ccccc1)(c1ccccc1)c1ccccc1)NC. The number of rotatable bonds is 8. The van der Waals surface area contributed by atoms with Crippen molar-refractivity contribution in [1.82, 2.24) is 10.6 Å². The van der Waals surface area contributed by atoms with E-state index in [9.17, 15) is 4.79 Å². The monoisotopic (exact) mass is 390 g/mol. The van der Waals surface area contributed by atoms with Gasteiger partial charge in [0.1, 0.15) is 0 Å². The zero-order valence-corrected chi connectivity index (χ0v) is 17.1. The third-order valence-corrected chi connectivity index (χ3v) is 6.56. The summed E-state index contributed by atoms with van der Waals surface area (Å²) in [7, 11) is 3.51. The molecule has 0 unspecified atom stereocenters. The van der Waals surface area contributed by atoms with Crippen LogP contribution < -0.4 is 10.6 Å². The summed E-state index contributed by atoms with van der Waals surface area (Å²) in [6, 6.07) is 31.3. The van der Waals surface area contributed by atoms with E-state index in [1.807, 2.05) is 25.2 Å². The van der Waals surface area contributed by atoms with E-state index in [4.69, 9.17) is 0 Å². The largest absolute Gasteiger partial charge is 0.358 e. The number of hydrogen-bond acceptors (Lipinski definition) is 3. The number of thioether (sulfide) groups is 1. The summed E-state index contributed by atoms with van der Waals surface area (Å²) < 4.78 is -0.410. The summed E-state index contributed by atoms with van der Waals surface area (Å²) in [5.74, 6) is 0.632. The fraction of sp³-hybridized carbons (Fsp3) is 0.208. The van der Waals surface area contributed by atoms with Gasteiger partial charge in [0.05, 0.1) is 10.8 Å². The highest BCUT2D eigenvalue weighted by Crippen LogP contribution is 2.48. The third kappa shape index (κ3) is 4.13. The maximum absolute atomic E-state index is 12.3. The van der Waals surface area contributed by atoms with E-state index in [2.05, 4.69) is 83.4 Å². The molecule has 3 aromatic carbocycles. The van der Waals surface area contributed by atoms with Crippen molar-refractivity contribution in [2.75, 3.05) is 19.8 Å². The molecule has 2 N–H and O–H groups in total. The molecule has 0 spiro atoms. The number of carbonyl (C=O) groups excluding carboxylic acids is 1. The van der Waals surface area contributed by atoms with Crippen LogP contribution in [0.3, 0.4) is 0 Å². The first-order valence-electron chi connectivity index (χ1n) is 9.41. The molecule has 0 saturated heterocycles. The second-order valence-electron chi connectivity index (χ2n) is 6.55. The molecular weight excluding hydrogens is 364 g/mol. The number of amides is 1. The summed E-state index contributed by atoms with van der Waals surface area (Å²) in [4.78, 5) is 12.3. The summed E-state index contributed by atoms with van der Waals surface area (Å²) in [6.45, 7) is 0. The van der Waals surface area contributed by atoms with Gasteiger partial charge in [-0.15, -0.1) is 11.8 Å². The highest BCUT2D eigenvalue weighted by Gasteiger charge is 2.37. The van der Waals surface area contributed by atoms with Crippen molar-refractivity contribution < 1.29 is 4.79 Å². The Morgan fingerprint density at radius 2 is 1.18 bits per heavy atom. The Bertz CT molecular complexity index is 772. The molecule has 0 saturated carbocycles. The second-order valence-corrected chi connectivity index (χ2v) is 7.78. The Balaban J connectivity index is 2.15. The minimum Gasteiger partial charge on any atom is -0.358 e. The second kappa shape index (κ2) is 9.58. The van der Waals surface area contributed by atoms with E-state index in [0.29, 0.717) is 5.75 Å². The van der Waals surface area contributed by atoms with Crippen LogP contribution in [0.2, 0.25) is 0 Å². The van der Waals surface area contributed by atoms with Crippen molar-refractivity contribution in [2.45, 2.75) is 10.8 Å². The Hall–Kier alpha value is -2.56. The van der Waals surface area contributed by atoms with Gasteiger partial charge in [0, 0.05) is 12.8 Å². The van der Waals surface area contributed by atoms with Gasteiger partial charge in [0.25, 0.3) is 0 Å². The van der Waals surface area contributed by atoms with Crippen LogP contribution in [-0.2, 0) is 9.54 Å². The summed E-state index contributed by atoms with van der Waals surface area (Å²) in [6.07, 6.45) is 0. The molecule has 28 heavy (non-hydrogen) atoms. The van der Waals surface area contributed by atoms with E-state index in [0.717, 1.165) is 0 Å². The first-order chi connectivity index (χ1) is 13.7. The minimum absolute atomic E-state index is 0.00177. The van der Waals surface area contributed by atoms with E-state index < -0.39 is 4.75 Å². The van der Waals surface area contributed by atoms with Crippen LogP contribution >= 0.6 is 11.8 Å². The van der Waals surface area contributed by atoms with Crippen molar-refractivity contribution in [1.29, 1.82) is 0 Å². The number of carbonyl (C=O) groups is 1. The van der Waals surface area contributed by atoms with Gasteiger partial charge in [-0.2, -0.15) is 0 Å². The summed E-state index contributed by atoms with van der Waals surface area (Å²) in [5, 5.41) is 5.90. The number of benzene rings is 3. The van der Waals surface area contributed by atoms with Gasteiger partial charge in [-0.05, 0) is 23.7 Å². The van der Waals surface area contributed by atoms with Crippen LogP contribution in [0.1, 0.15) is 16.7 Å². The van der Waals surface area contributed by atoms with E-state index in [-0.39, 0.29) is 11.9 Å². The molecule has 1 atom stereocenters. The Morgan fingerprint density at radius 1 is 0.786 bits per heavy atom. The quantitative estimate of drug-likeness (QED) is 0.570. The highest BCUT2D eigenvalue weighted by atomic mass is 32.2. The van der Waals surface area contributed by atoms with Crippen LogP contribution in [0.5, 0.6) is 0 Å². The van der Waals surface area contributed by atoms with E-state index in [1.54, 1.807) is 18.8 Å². The fourth-order valence-corrected chi connectivity index (χ4v) is 5.08. The lowest BCUT2D eigenvalue weighted by Gasteiger charge is -2.36. The van der Waals surface area contributed by atoms with Crippen LogP contribution in [0, 0.1) is 0 Å². The molecule has 4 heteroatoms. The van der Waals surface area contributed by atoms with Gasteiger partial charge in [-0.25, -0.2) is 0 Å². The Labute approximate surface area is 171 Å². The van der Waals surface area contributed by atoms with Gasteiger partial charge < -0.3 is 10.6 Å². The lowest BCUT2D eigenvalue weighted by Crippen LogP contribution is -2.44. The first-order valence-corrected chi connectivity index (χ1v) is 10.4. The molecule has 0 aromatic heterocycles. The van der Waals surface area contributed by atoms with Crippen molar-refractivity contribution >= 4 is 17.7 Å². The molecule has 0 aliphatic heterocycles. The molecular formula is C24H26N2OS. The molecule has 3 aromatic rings. The standard InChI is InChI=1S/C24H26N2OS/c1-25-22(23(27)26-2)18-28-24(19-12-6-3-7-13-19,20-14-8-4-9-15-20)21-16-10-5-11-17-21/h3-17,22,25H,18H2,1-2H3,(H,26,27)/t22-/m0/s1. The molecule has 3 rings (SSSR count). The predicted molar refractivity (Wildman–Crippen MR) is 119 cm³/mol. The molecule has 0 radical (unpaired) electrons. The van der Waals surface area contributed by atoms with Crippen molar-refractivity contribution in [3.8, 4) is 0 Å². The average Bonchev–Trinajstić information content (AvgIpc) is 2.78. The zero-order valence-electron chi connectivity index (χ0n) is 16.3. The molecule has 0 aliphatic rings. The molecule has 0 bridgehead atoms. The molecule has 144 valence electrons. The van der Waals surface area contributed by atoms with Crippen LogP contribution in [0.15, 0.2) is 91.0 Å². The normalized spacial score (nSPS) is 12.4. The van der Waals surface area contributed by atoms with Gasteiger partial charge in [-0.1, -0.05) is 91.0 Å². The third-order valence-electron chi connectivity index (χ3n) is 4.92. The van der Waals surface area contributed by atoms with Gasteiger partial charge in [0.2, 0.25) is 5.91 Å². The lowest BCUT2D eigenvalue weighted by atomic mass is 9.84. The molecule has 1 amide bonds. The first kappa shape index (κ1) is 20.2. The Morgan fingerprint density at radius 3 is 1.50 bits per heavy atom. The van der Waals surface area contributed by atoms with Gasteiger partial charge >= 0.3 is 0 Å². The lowest BCUT2D eigenvalue weighted by molar-refractivity contribution is -0.122. The van der Waals surface area contributed by atoms with Crippen LogP contribution in [0.25, 0.3) is 0 Å². The van der Waals surface area contributed by atoms with Gasteiger partial charge in [-0.3, -0.25) is 4.79 Å². The Kier molecular flexibility index (Phi) is 6.90. The molecule has 0 heterocycles. The predicted octanol–water partition coefficient (Wildman–Crippen LogP) is 4.05. The van der Waals surface area contributed by atoms with Crippen molar-refractivity contribution in [3.05, 3.63) is 108 Å². The summed E-state index contributed by atoms with van der Waals surface area (Å²) >= 11 is 1.78. The maximum atomic E-state index is 12.3. The van der Waals surface area contributed by atoms with Crippen molar-refractivity contribution in [3.63, 3.8) is 0 Å². The van der Waals surface area contributed by atoms with Crippen molar-refractivity contribution in [2.24, 2.45) is 0 Å². The molecule has 0 aliphatic carbocycles. The molecule has 3 nitrogen and oxygen atoms in total.